The molecular formula is C25H36N6O5. The van der Waals surface area contributed by atoms with Crippen molar-refractivity contribution in [3.63, 3.8) is 0 Å². The Kier molecular flexibility index (Phi) is 10.7. The number of rotatable bonds is 11. The molecule has 196 valence electrons. The first-order valence-corrected chi connectivity index (χ1v) is 12.2. The van der Waals surface area contributed by atoms with Crippen LogP contribution in [-0.4, -0.2) is 63.5 Å². The van der Waals surface area contributed by atoms with E-state index < -0.39 is 47.5 Å². The van der Waals surface area contributed by atoms with E-state index in [4.69, 9.17) is 0 Å². The molecule has 0 saturated heterocycles. The van der Waals surface area contributed by atoms with E-state index in [-0.39, 0.29) is 17.7 Å². The van der Waals surface area contributed by atoms with E-state index in [1.54, 1.807) is 20.8 Å². The second-order valence-corrected chi connectivity index (χ2v) is 9.48. The summed E-state index contributed by atoms with van der Waals surface area (Å²) in [5.41, 5.74) is 0.360. The van der Waals surface area contributed by atoms with Gasteiger partial charge in [-0.05, 0) is 38.2 Å². The highest BCUT2D eigenvalue weighted by Gasteiger charge is 2.33. The normalized spacial score (nSPS) is 16.2. The zero-order valence-electron chi connectivity index (χ0n) is 21.3. The Bertz CT molecular complexity index is 974. The largest absolute Gasteiger partial charge is 0.347 e. The summed E-state index contributed by atoms with van der Waals surface area (Å²) in [5, 5.41) is 10.4. The predicted molar refractivity (Wildman–Crippen MR) is 132 cm³/mol. The third-order valence-corrected chi connectivity index (χ3v) is 5.99. The van der Waals surface area contributed by atoms with Gasteiger partial charge in [-0.15, -0.1) is 0 Å². The topological polar surface area (TPSA) is 159 Å². The molecule has 1 aromatic rings. The van der Waals surface area contributed by atoms with Crippen LogP contribution in [0.2, 0.25) is 0 Å². The summed E-state index contributed by atoms with van der Waals surface area (Å²) in [6.45, 7) is 10.2. The Hall–Kier alpha value is -3.63. The predicted octanol–water partition coefficient (Wildman–Crippen LogP) is 0.815. The van der Waals surface area contributed by atoms with Crippen LogP contribution in [0, 0.1) is 5.92 Å². The molecule has 1 aliphatic carbocycles. The molecule has 0 bridgehead atoms. The molecule has 4 N–H and O–H groups in total. The van der Waals surface area contributed by atoms with E-state index in [1.807, 2.05) is 0 Å². The van der Waals surface area contributed by atoms with Gasteiger partial charge in [0.25, 0.3) is 11.8 Å². The molecule has 1 fully saturated rings. The van der Waals surface area contributed by atoms with Crippen molar-refractivity contribution in [3.05, 3.63) is 36.4 Å². The molecule has 0 radical (unpaired) electrons. The van der Waals surface area contributed by atoms with Gasteiger partial charge in [0.15, 0.2) is 0 Å². The zero-order valence-corrected chi connectivity index (χ0v) is 21.3. The van der Waals surface area contributed by atoms with Crippen LogP contribution in [0.15, 0.2) is 30.7 Å². The molecule has 1 saturated carbocycles. The van der Waals surface area contributed by atoms with Gasteiger partial charge < -0.3 is 21.3 Å². The number of ketones is 1. The molecule has 1 heterocycles. The fourth-order valence-electron chi connectivity index (χ4n) is 3.85. The summed E-state index contributed by atoms with van der Waals surface area (Å²) < 4.78 is 0. The maximum absolute atomic E-state index is 12.8. The van der Waals surface area contributed by atoms with Crippen LogP contribution in [-0.2, 0) is 19.2 Å². The lowest BCUT2D eigenvalue weighted by Gasteiger charge is -2.26. The van der Waals surface area contributed by atoms with Gasteiger partial charge in [-0.25, -0.2) is 4.98 Å². The first kappa shape index (κ1) is 28.6. The molecule has 0 unspecified atom stereocenters. The first-order valence-electron chi connectivity index (χ1n) is 12.2. The third kappa shape index (κ3) is 8.24. The van der Waals surface area contributed by atoms with Crippen LogP contribution in [0.1, 0.15) is 70.3 Å². The zero-order chi connectivity index (χ0) is 26.8. The highest BCUT2D eigenvalue weighted by Crippen LogP contribution is 2.17. The molecule has 0 spiro atoms. The van der Waals surface area contributed by atoms with Crippen molar-refractivity contribution in [1.82, 2.24) is 31.2 Å². The molecular weight excluding hydrogens is 464 g/mol. The molecule has 3 atom stereocenters. The number of carbonyl (C=O) groups is 5. The van der Waals surface area contributed by atoms with Gasteiger partial charge in [-0.1, -0.05) is 39.7 Å². The highest BCUT2D eigenvalue weighted by atomic mass is 16.2. The minimum absolute atomic E-state index is 0.0205. The number of nitrogens with zero attached hydrogens (tertiary/aromatic N) is 2. The fourth-order valence-corrected chi connectivity index (χ4v) is 3.85. The van der Waals surface area contributed by atoms with Crippen molar-refractivity contribution in [2.24, 2.45) is 5.92 Å². The average Bonchev–Trinajstić information content (AvgIpc) is 2.85. The lowest BCUT2D eigenvalue weighted by Crippen LogP contribution is -2.57. The van der Waals surface area contributed by atoms with Crippen molar-refractivity contribution in [2.75, 3.05) is 0 Å². The van der Waals surface area contributed by atoms with E-state index in [9.17, 15) is 24.0 Å². The Labute approximate surface area is 211 Å². The van der Waals surface area contributed by atoms with E-state index in [1.165, 1.54) is 25.5 Å². The quantitative estimate of drug-likeness (QED) is 0.258. The SMILES string of the molecule is C=C(C)[C@H](NC(=O)c1cnccn1)C(=O)N[C@@H](C)C(=O)N[C@H](C(=O)C(=O)NC1CCCCC1)C(C)C. The maximum Gasteiger partial charge on any atom is 0.289 e. The van der Waals surface area contributed by atoms with E-state index in [0.717, 1.165) is 32.1 Å². The molecule has 4 amide bonds. The molecule has 1 aliphatic rings. The molecule has 0 aliphatic heterocycles. The first-order chi connectivity index (χ1) is 17.0. The van der Waals surface area contributed by atoms with E-state index >= 15 is 0 Å². The second-order valence-electron chi connectivity index (χ2n) is 9.48. The Morgan fingerprint density at radius 1 is 0.944 bits per heavy atom. The Morgan fingerprint density at radius 3 is 2.17 bits per heavy atom. The van der Waals surface area contributed by atoms with Gasteiger partial charge in [0.05, 0.1) is 12.2 Å². The standard InChI is InChI=1S/C25H36N6O5/c1-14(2)19(21(32)25(36)29-17-9-7-6-8-10-17)30-22(33)16(5)28-24(35)20(15(3)4)31-23(34)18-13-26-11-12-27-18/h11-14,16-17,19-20H,3,6-10H2,1-2,4-5H3,(H,28,35)(H,29,36)(H,30,33)(H,31,34)/t16-,19-,20-/m0/s1. The lowest BCUT2D eigenvalue weighted by molar-refractivity contribution is -0.141. The number of Topliss-reactive ketones (excluding diaryl/α,β-unsaturated/α-hetero) is 1. The number of aromatic nitrogens is 2. The number of carbonyl (C=O) groups excluding carboxylic acids is 5. The molecule has 2 rings (SSSR count). The highest BCUT2D eigenvalue weighted by molar-refractivity contribution is 6.38. The van der Waals surface area contributed by atoms with Gasteiger partial charge in [0, 0.05) is 18.4 Å². The van der Waals surface area contributed by atoms with Crippen LogP contribution in [0.25, 0.3) is 0 Å². The van der Waals surface area contributed by atoms with Crippen LogP contribution in [0.3, 0.4) is 0 Å². The average molecular weight is 501 g/mol. The summed E-state index contributed by atoms with van der Waals surface area (Å²) in [6.07, 6.45) is 8.80. The lowest BCUT2D eigenvalue weighted by atomic mass is 9.94. The summed E-state index contributed by atoms with van der Waals surface area (Å²) >= 11 is 0. The van der Waals surface area contributed by atoms with Gasteiger partial charge in [0.2, 0.25) is 17.6 Å². The van der Waals surface area contributed by atoms with Crippen molar-refractivity contribution in [2.45, 2.75) is 84.0 Å². The van der Waals surface area contributed by atoms with Crippen LogP contribution in [0.5, 0.6) is 0 Å². The van der Waals surface area contributed by atoms with Crippen molar-refractivity contribution >= 4 is 29.4 Å². The smallest absolute Gasteiger partial charge is 0.289 e. The van der Waals surface area contributed by atoms with Crippen molar-refractivity contribution < 1.29 is 24.0 Å². The molecule has 36 heavy (non-hydrogen) atoms. The van der Waals surface area contributed by atoms with Gasteiger partial charge >= 0.3 is 0 Å². The van der Waals surface area contributed by atoms with E-state index in [0.29, 0.717) is 5.57 Å². The van der Waals surface area contributed by atoms with Gasteiger partial charge in [-0.3, -0.25) is 29.0 Å². The number of amides is 4. The molecule has 0 aromatic carbocycles. The summed E-state index contributed by atoms with van der Waals surface area (Å²) in [4.78, 5) is 71.1. The number of hydrogen-bond donors (Lipinski definition) is 4. The van der Waals surface area contributed by atoms with Gasteiger partial charge in [-0.2, -0.15) is 0 Å². The number of hydrogen-bond acceptors (Lipinski definition) is 7. The van der Waals surface area contributed by atoms with Crippen molar-refractivity contribution in [1.29, 1.82) is 0 Å². The minimum atomic E-state index is -1.13. The fraction of sp³-hybridized carbons (Fsp3) is 0.560. The summed E-state index contributed by atoms with van der Waals surface area (Å²) in [6, 6.07) is -3.26. The molecule has 1 aromatic heterocycles. The maximum atomic E-state index is 12.8. The van der Waals surface area contributed by atoms with Crippen LogP contribution in [0.4, 0.5) is 0 Å². The third-order valence-electron chi connectivity index (χ3n) is 5.99. The van der Waals surface area contributed by atoms with Crippen molar-refractivity contribution in [3.8, 4) is 0 Å². The molecule has 11 nitrogen and oxygen atoms in total. The van der Waals surface area contributed by atoms with Gasteiger partial charge in [0.1, 0.15) is 17.8 Å². The second kappa shape index (κ2) is 13.5. The molecule has 11 heteroatoms. The van der Waals surface area contributed by atoms with E-state index in [2.05, 4.69) is 37.8 Å². The summed E-state index contributed by atoms with van der Waals surface area (Å²) in [7, 11) is 0. The Balaban J connectivity index is 1.98. The van der Waals surface area contributed by atoms with Crippen LogP contribution < -0.4 is 21.3 Å². The summed E-state index contributed by atoms with van der Waals surface area (Å²) in [5.74, 6) is -3.72. The number of nitrogens with one attached hydrogen (secondary N) is 4. The van der Waals surface area contributed by atoms with Crippen LogP contribution >= 0.6 is 0 Å². The minimum Gasteiger partial charge on any atom is -0.347 e. The Morgan fingerprint density at radius 2 is 1.61 bits per heavy atom. The monoisotopic (exact) mass is 500 g/mol.